The van der Waals surface area contributed by atoms with E-state index in [-0.39, 0.29) is 0 Å². The summed E-state index contributed by atoms with van der Waals surface area (Å²) in [7, 11) is 0. The fraction of sp³-hybridized carbons (Fsp3) is 0.250. The fourth-order valence-electron chi connectivity index (χ4n) is 1.57. The molecule has 0 spiro atoms. The highest BCUT2D eigenvalue weighted by molar-refractivity contribution is 9.10. The summed E-state index contributed by atoms with van der Waals surface area (Å²) in [6.45, 7) is 4.81. The lowest BCUT2D eigenvalue weighted by atomic mass is 10.1. The van der Waals surface area contributed by atoms with Crippen LogP contribution in [0.25, 0.3) is 0 Å². The first-order chi connectivity index (χ1) is 7.66. The molecule has 0 unspecified atom stereocenters. The van der Waals surface area contributed by atoms with Gasteiger partial charge in [-0.25, -0.2) is 4.98 Å². The van der Waals surface area contributed by atoms with E-state index in [1.807, 2.05) is 0 Å². The van der Waals surface area contributed by atoms with E-state index in [2.05, 4.69) is 52.2 Å². The molecule has 1 N–H and O–H groups in total. The molecule has 16 heavy (non-hydrogen) atoms. The molecule has 0 amide bonds. The van der Waals surface area contributed by atoms with Crippen LogP contribution >= 0.6 is 15.9 Å². The molecule has 2 aromatic rings. The van der Waals surface area contributed by atoms with E-state index < -0.39 is 0 Å². The Morgan fingerprint density at radius 1 is 1.31 bits per heavy atom. The summed E-state index contributed by atoms with van der Waals surface area (Å²) in [4.78, 5) is 3.87. The second-order valence-electron chi connectivity index (χ2n) is 3.75. The van der Waals surface area contributed by atoms with Crippen molar-refractivity contribution in [3.63, 3.8) is 0 Å². The molecule has 0 saturated heterocycles. The van der Waals surface area contributed by atoms with Crippen molar-refractivity contribution in [2.75, 3.05) is 5.32 Å². The van der Waals surface area contributed by atoms with Crippen LogP contribution in [-0.4, -0.2) is 4.98 Å². The predicted molar refractivity (Wildman–Crippen MR) is 67.4 cm³/mol. The van der Waals surface area contributed by atoms with Crippen LogP contribution in [0.1, 0.15) is 16.9 Å². The van der Waals surface area contributed by atoms with Crippen LogP contribution in [-0.2, 0) is 6.54 Å². The van der Waals surface area contributed by atoms with E-state index in [9.17, 15) is 0 Å². The molecule has 2 rings (SSSR count). The molecule has 0 aliphatic heterocycles. The minimum Gasteiger partial charge on any atom is -0.447 e. The summed E-state index contributed by atoms with van der Waals surface area (Å²) < 4.78 is 6.32. The van der Waals surface area contributed by atoms with Crippen molar-refractivity contribution in [3.8, 4) is 0 Å². The van der Waals surface area contributed by atoms with Crippen molar-refractivity contribution in [2.24, 2.45) is 0 Å². The molecule has 0 fully saturated rings. The van der Waals surface area contributed by atoms with E-state index in [0.717, 1.165) is 15.9 Å². The third-order valence-electron chi connectivity index (χ3n) is 2.39. The van der Waals surface area contributed by atoms with Gasteiger partial charge in [-0.3, -0.25) is 0 Å². The summed E-state index contributed by atoms with van der Waals surface area (Å²) in [5.74, 6) is 0.832. The smallest absolute Gasteiger partial charge is 0.180 e. The summed E-state index contributed by atoms with van der Waals surface area (Å²) in [5.41, 5.74) is 3.54. The molecule has 3 nitrogen and oxygen atoms in total. The lowest BCUT2D eigenvalue weighted by Gasteiger charge is -2.09. The van der Waals surface area contributed by atoms with Gasteiger partial charge >= 0.3 is 0 Å². The highest BCUT2D eigenvalue weighted by atomic mass is 79.9. The second kappa shape index (κ2) is 4.70. The van der Waals surface area contributed by atoms with Crippen LogP contribution in [0.4, 0.5) is 5.69 Å². The van der Waals surface area contributed by atoms with Crippen LogP contribution in [0, 0.1) is 13.8 Å². The van der Waals surface area contributed by atoms with Gasteiger partial charge in [-0.1, -0.05) is 15.9 Å². The second-order valence-corrected chi connectivity index (χ2v) is 4.54. The first-order valence-electron chi connectivity index (χ1n) is 5.05. The van der Waals surface area contributed by atoms with Gasteiger partial charge in [-0.05, 0) is 37.1 Å². The first-order valence-corrected chi connectivity index (χ1v) is 5.84. The van der Waals surface area contributed by atoms with Crippen LogP contribution in [0.5, 0.6) is 0 Å². The SMILES string of the molecule is Cc1cc(NCc2cnco2)cc(C)c1Br. The van der Waals surface area contributed by atoms with Crippen molar-refractivity contribution < 1.29 is 4.42 Å². The first kappa shape index (κ1) is 11.2. The maximum Gasteiger partial charge on any atom is 0.180 e. The number of oxazole rings is 1. The molecule has 0 aliphatic carbocycles. The predicted octanol–water partition coefficient (Wildman–Crippen LogP) is 3.67. The number of aromatic nitrogens is 1. The Hall–Kier alpha value is -1.29. The van der Waals surface area contributed by atoms with Gasteiger partial charge in [0.2, 0.25) is 0 Å². The molecule has 0 saturated carbocycles. The maximum atomic E-state index is 5.16. The van der Waals surface area contributed by atoms with Crippen molar-refractivity contribution in [1.82, 2.24) is 4.98 Å². The zero-order valence-corrected chi connectivity index (χ0v) is 10.8. The molecule has 0 atom stereocenters. The topological polar surface area (TPSA) is 38.1 Å². The maximum absolute atomic E-state index is 5.16. The fourth-order valence-corrected chi connectivity index (χ4v) is 1.80. The van der Waals surface area contributed by atoms with E-state index >= 15 is 0 Å². The summed E-state index contributed by atoms with van der Waals surface area (Å²) in [6.07, 6.45) is 3.15. The zero-order chi connectivity index (χ0) is 11.5. The highest BCUT2D eigenvalue weighted by Crippen LogP contribution is 2.25. The average Bonchev–Trinajstić information content (AvgIpc) is 2.75. The number of nitrogens with zero attached hydrogens (tertiary/aromatic N) is 1. The molecule has 0 radical (unpaired) electrons. The largest absolute Gasteiger partial charge is 0.447 e. The number of hydrogen-bond acceptors (Lipinski definition) is 3. The van der Waals surface area contributed by atoms with Gasteiger partial charge in [0.15, 0.2) is 6.39 Å². The monoisotopic (exact) mass is 280 g/mol. The average molecular weight is 281 g/mol. The molecular weight excluding hydrogens is 268 g/mol. The molecule has 0 aliphatic rings. The number of aryl methyl sites for hydroxylation is 2. The Kier molecular flexibility index (Phi) is 3.29. The van der Waals surface area contributed by atoms with E-state index in [4.69, 9.17) is 4.42 Å². The Labute approximate surface area is 103 Å². The number of hydrogen-bond donors (Lipinski definition) is 1. The number of anilines is 1. The van der Waals surface area contributed by atoms with Crippen LogP contribution < -0.4 is 5.32 Å². The van der Waals surface area contributed by atoms with Gasteiger partial charge in [-0.2, -0.15) is 0 Å². The molecule has 1 aromatic heterocycles. The summed E-state index contributed by atoms with van der Waals surface area (Å²) in [6, 6.07) is 4.21. The van der Waals surface area contributed by atoms with Crippen LogP contribution in [0.3, 0.4) is 0 Å². The summed E-state index contributed by atoms with van der Waals surface area (Å²) in [5, 5.41) is 3.30. The highest BCUT2D eigenvalue weighted by Gasteiger charge is 2.02. The normalized spacial score (nSPS) is 10.4. The van der Waals surface area contributed by atoms with Gasteiger partial charge in [0.05, 0.1) is 12.7 Å². The van der Waals surface area contributed by atoms with E-state index in [0.29, 0.717) is 6.54 Å². The molecule has 1 heterocycles. The standard InChI is InChI=1S/C12H13BrN2O/c1-8-3-10(4-9(2)12(8)13)15-6-11-5-14-7-16-11/h3-5,7,15H,6H2,1-2H3. The quantitative estimate of drug-likeness (QED) is 0.932. The Morgan fingerprint density at radius 3 is 2.56 bits per heavy atom. The Morgan fingerprint density at radius 2 is 2.00 bits per heavy atom. The molecule has 84 valence electrons. The minimum absolute atomic E-state index is 0.653. The van der Waals surface area contributed by atoms with Gasteiger partial charge in [0.1, 0.15) is 5.76 Å². The van der Waals surface area contributed by atoms with Gasteiger partial charge in [0, 0.05) is 10.2 Å². The Bertz CT molecular complexity index is 457. The number of rotatable bonds is 3. The van der Waals surface area contributed by atoms with E-state index in [1.165, 1.54) is 17.5 Å². The van der Waals surface area contributed by atoms with Gasteiger partial charge < -0.3 is 9.73 Å². The number of halogens is 1. The third kappa shape index (κ3) is 2.44. The molecular formula is C12H13BrN2O. The minimum atomic E-state index is 0.653. The van der Waals surface area contributed by atoms with Gasteiger partial charge in [0.25, 0.3) is 0 Å². The summed E-state index contributed by atoms with van der Waals surface area (Å²) >= 11 is 3.55. The molecule has 1 aromatic carbocycles. The third-order valence-corrected chi connectivity index (χ3v) is 3.64. The lowest BCUT2D eigenvalue weighted by Crippen LogP contribution is -1.99. The van der Waals surface area contributed by atoms with Crippen molar-refractivity contribution in [1.29, 1.82) is 0 Å². The van der Waals surface area contributed by atoms with Gasteiger partial charge in [-0.15, -0.1) is 0 Å². The van der Waals surface area contributed by atoms with Crippen LogP contribution in [0.2, 0.25) is 0 Å². The molecule has 4 heteroatoms. The van der Waals surface area contributed by atoms with E-state index in [1.54, 1.807) is 6.20 Å². The number of nitrogens with one attached hydrogen (secondary N) is 1. The molecule has 0 bridgehead atoms. The Balaban J connectivity index is 2.10. The van der Waals surface area contributed by atoms with Crippen molar-refractivity contribution in [2.45, 2.75) is 20.4 Å². The van der Waals surface area contributed by atoms with Crippen molar-refractivity contribution in [3.05, 3.63) is 46.1 Å². The lowest BCUT2D eigenvalue weighted by molar-refractivity contribution is 0.511. The number of benzene rings is 1. The zero-order valence-electron chi connectivity index (χ0n) is 9.25. The van der Waals surface area contributed by atoms with Crippen molar-refractivity contribution >= 4 is 21.6 Å². The van der Waals surface area contributed by atoms with Crippen LogP contribution in [0.15, 0.2) is 33.6 Å².